The molecule has 0 atom stereocenters. The number of Topliss-reactive ketones (excluding diaryl/α,β-unsaturated/α-hetero) is 1. The van der Waals surface area contributed by atoms with Gasteiger partial charge in [0.05, 0.1) is 5.56 Å². The number of rotatable bonds is 13. The second-order valence-electron chi connectivity index (χ2n) is 11.4. The number of anilines is 1. The second-order valence-corrected chi connectivity index (χ2v) is 11.4. The summed E-state index contributed by atoms with van der Waals surface area (Å²) >= 11 is 0. The molecular weight excluding hydrogens is 583 g/mol. The molecule has 0 radical (unpaired) electrons. The predicted octanol–water partition coefficient (Wildman–Crippen LogP) is 3.75. The number of ketones is 1. The Morgan fingerprint density at radius 2 is 1.69 bits per heavy atom. The van der Waals surface area contributed by atoms with Gasteiger partial charge in [-0.3, -0.25) is 14.4 Å². The van der Waals surface area contributed by atoms with Crippen LogP contribution in [0.5, 0.6) is 0 Å². The van der Waals surface area contributed by atoms with E-state index in [1.54, 1.807) is 40.7 Å². The van der Waals surface area contributed by atoms with Crippen molar-refractivity contribution in [1.29, 1.82) is 0 Å². The van der Waals surface area contributed by atoms with Gasteiger partial charge in [-0.15, -0.1) is 0 Å². The van der Waals surface area contributed by atoms with Crippen LogP contribution in [0.25, 0.3) is 6.08 Å². The van der Waals surface area contributed by atoms with E-state index in [9.17, 15) is 23.6 Å². The first kappa shape index (κ1) is 34.8. The maximum atomic E-state index is 13.9. The third-order valence-corrected chi connectivity index (χ3v) is 6.86. The number of amides is 3. The van der Waals surface area contributed by atoms with Gasteiger partial charge in [0.25, 0.3) is 11.8 Å². The highest BCUT2D eigenvalue weighted by atomic mass is 19.1. The molecule has 12 nitrogen and oxygen atoms in total. The number of halogens is 1. The van der Waals surface area contributed by atoms with Crippen molar-refractivity contribution < 1.29 is 33.0 Å². The zero-order chi connectivity index (χ0) is 33.3. The molecule has 0 saturated heterocycles. The Kier molecular flexibility index (Phi) is 11.9. The van der Waals surface area contributed by atoms with Gasteiger partial charge in [-0.1, -0.05) is 19.9 Å². The van der Waals surface area contributed by atoms with E-state index >= 15 is 0 Å². The van der Waals surface area contributed by atoms with Gasteiger partial charge in [-0.2, -0.15) is 0 Å². The molecule has 45 heavy (non-hydrogen) atoms. The van der Waals surface area contributed by atoms with Gasteiger partial charge in [-0.05, 0) is 71.5 Å². The SMILES string of the molecule is CCN(CC)CCNC(=O)c1c(C)[nH]c(/C=C2/OC(Nc3cccc(F)c3)=C(C(=O)NCCNC(=O)OC(C)(C)C)C2=O)c1C. The first-order valence-electron chi connectivity index (χ1n) is 14.9. The smallest absolute Gasteiger partial charge is 0.407 e. The molecule has 2 heterocycles. The summed E-state index contributed by atoms with van der Waals surface area (Å²) in [5.41, 5.74) is 1.35. The van der Waals surface area contributed by atoms with Crippen molar-refractivity contribution in [1.82, 2.24) is 25.8 Å². The summed E-state index contributed by atoms with van der Waals surface area (Å²) in [7, 11) is 0. The number of H-pyrrole nitrogens is 1. The van der Waals surface area contributed by atoms with Crippen LogP contribution in [0.2, 0.25) is 0 Å². The zero-order valence-corrected chi connectivity index (χ0v) is 26.9. The first-order chi connectivity index (χ1) is 21.2. The van der Waals surface area contributed by atoms with Crippen LogP contribution in [0.3, 0.4) is 0 Å². The number of allylic oxidation sites excluding steroid dienone is 1. The quantitative estimate of drug-likeness (QED) is 0.128. The number of nitrogens with one attached hydrogen (secondary N) is 5. The third-order valence-electron chi connectivity index (χ3n) is 6.86. The molecule has 0 spiro atoms. The van der Waals surface area contributed by atoms with Crippen molar-refractivity contribution in [2.24, 2.45) is 0 Å². The van der Waals surface area contributed by atoms with Crippen molar-refractivity contribution in [3.8, 4) is 0 Å². The molecule has 1 aromatic heterocycles. The highest BCUT2D eigenvalue weighted by Crippen LogP contribution is 2.30. The van der Waals surface area contributed by atoms with Gasteiger partial charge >= 0.3 is 6.09 Å². The zero-order valence-electron chi connectivity index (χ0n) is 26.9. The van der Waals surface area contributed by atoms with Crippen LogP contribution in [0.4, 0.5) is 14.9 Å². The van der Waals surface area contributed by atoms with Crippen LogP contribution < -0.4 is 21.3 Å². The lowest BCUT2D eigenvalue weighted by Crippen LogP contribution is -2.38. The Morgan fingerprint density at radius 1 is 1.02 bits per heavy atom. The largest absolute Gasteiger partial charge is 0.444 e. The minimum atomic E-state index is -0.763. The first-order valence-corrected chi connectivity index (χ1v) is 14.9. The number of carbonyl (C=O) groups is 4. The van der Waals surface area contributed by atoms with E-state index < -0.39 is 29.2 Å². The topological polar surface area (TPSA) is 154 Å². The van der Waals surface area contributed by atoms with E-state index in [4.69, 9.17) is 9.47 Å². The van der Waals surface area contributed by atoms with E-state index in [1.165, 1.54) is 24.3 Å². The average molecular weight is 627 g/mol. The van der Waals surface area contributed by atoms with E-state index in [1.807, 2.05) is 0 Å². The van der Waals surface area contributed by atoms with Crippen LogP contribution in [0, 0.1) is 19.7 Å². The van der Waals surface area contributed by atoms with Gasteiger partial charge in [0.2, 0.25) is 11.7 Å². The number of benzene rings is 1. The number of likely N-dealkylation sites (N-methyl/N-ethyl adjacent to an activating group) is 1. The predicted molar refractivity (Wildman–Crippen MR) is 169 cm³/mol. The Hall–Kier alpha value is -4.65. The molecule has 5 N–H and O–H groups in total. The summed E-state index contributed by atoms with van der Waals surface area (Å²) in [6.45, 7) is 15.8. The number of aryl methyl sites for hydroxylation is 1. The van der Waals surface area contributed by atoms with Crippen molar-refractivity contribution in [3.05, 3.63) is 69.8 Å². The summed E-state index contributed by atoms with van der Waals surface area (Å²) in [5, 5.41) is 10.9. The number of aromatic amines is 1. The molecule has 1 aromatic carbocycles. The van der Waals surface area contributed by atoms with Crippen molar-refractivity contribution in [2.75, 3.05) is 44.6 Å². The Bertz CT molecular complexity index is 1490. The summed E-state index contributed by atoms with van der Waals surface area (Å²) in [4.78, 5) is 56.9. The fourth-order valence-electron chi connectivity index (χ4n) is 4.61. The molecule has 2 aromatic rings. The maximum absolute atomic E-state index is 13.9. The fraction of sp³-hybridized carbons (Fsp3) is 0.438. The molecule has 0 fully saturated rings. The monoisotopic (exact) mass is 626 g/mol. The average Bonchev–Trinajstić information content (AvgIpc) is 3.41. The highest BCUT2D eigenvalue weighted by Gasteiger charge is 2.36. The van der Waals surface area contributed by atoms with Crippen molar-refractivity contribution in [3.63, 3.8) is 0 Å². The number of nitrogens with zero attached hydrogens (tertiary/aromatic N) is 1. The standard InChI is InChI=1S/C32H43FN6O6/c1-8-39(9-2)16-15-35-28(41)25-19(3)23(37-20(25)4)18-24-27(40)26(30(44-24)38-22-12-10-11-21(33)17-22)29(42)34-13-14-36-31(43)45-32(5,6)7/h10-12,17-18,37-38H,8-9,13-16H2,1-7H3,(H,34,42)(H,35,41)(H,36,43)/b24-18+. The van der Waals surface area contributed by atoms with Crippen LogP contribution in [0.15, 0.2) is 41.5 Å². The third kappa shape index (κ3) is 9.67. The minimum Gasteiger partial charge on any atom is -0.444 e. The van der Waals surface area contributed by atoms with Gasteiger partial charge < -0.3 is 40.6 Å². The van der Waals surface area contributed by atoms with Crippen LogP contribution in [-0.4, -0.2) is 78.4 Å². The van der Waals surface area contributed by atoms with Crippen molar-refractivity contribution in [2.45, 2.75) is 54.1 Å². The number of ether oxygens (including phenoxy) is 2. The van der Waals surface area contributed by atoms with Gasteiger partial charge in [0.15, 0.2) is 11.3 Å². The fourth-order valence-corrected chi connectivity index (χ4v) is 4.61. The molecular formula is C32H43FN6O6. The molecule has 13 heteroatoms. The minimum absolute atomic E-state index is 0.0111. The van der Waals surface area contributed by atoms with Crippen LogP contribution in [-0.2, 0) is 19.1 Å². The van der Waals surface area contributed by atoms with Gasteiger partial charge in [-0.25, -0.2) is 9.18 Å². The Balaban J connectivity index is 1.79. The lowest BCUT2D eigenvalue weighted by molar-refractivity contribution is -0.121. The van der Waals surface area contributed by atoms with Gasteiger partial charge in [0, 0.05) is 49.3 Å². The normalized spacial score (nSPS) is 14.1. The molecule has 0 aliphatic carbocycles. The van der Waals surface area contributed by atoms with E-state index in [0.29, 0.717) is 29.1 Å². The van der Waals surface area contributed by atoms with Crippen molar-refractivity contribution >= 4 is 35.5 Å². The molecule has 3 amide bonds. The molecule has 1 aliphatic heterocycles. The van der Waals surface area contributed by atoms with Crippen LogP contribution in [0.1, 0.15) is 61.9 Å². The molecule has 0 saturated carbocycles. The van der Waals surface area contributed by atoms with Gasteiger partial charge in [0.1, 0.15) is 11.4 Å². The maximum Gasteiger partial charge on any atom is 0.407 e. The highest BCUT2D eigenvalue weighted by molar-refractivity contribution is 6.28. The van der Waals surface area contributed by atoms with E-state index in [-0.39, 0.29) is 41.9 Å². The van der Waals surface area contributed by atoms with E-state index in [0.717, 1.165) is 19.6 Å². The number of alkyl carbamates (subject to hydrolysis) is 1. The molecule has 0 bridgehead atoms. The molecule has 0 unspecified atom stereocenters. The number of hydrogen-bond donors (Lipinski definition) is 5. The summed E-state index contributed by atoms with van der Waals surface area (Å²) in [5.74, 6) is -2.62. The molecule has 244 valence electrons. The Labute approximate surface area is 262 Å². The Morgan fingerprint density at radius 3 is 2.33 bits per heavy atom. The lowest BCUT2D eigenvalue weighted by atomic mass is 10.1. The second kappa shape index (κ2) is 15.4. The summed E-state index contributed by atoms with van der Waals surface area (Å²) in [6, 6.07) is 5.46. The summed E-state index contributed by atoms with van der Waals surface area (Å²) < 4.78 is 24.9. The number of aromatic nitrogens is 1. The molecule has 1 aliphatic rings. The lowest BCUT2D eigenvalue weighted by Gasteiger charge is -2.19. The number of hydrogen-bond acceptors (Lipinski definition) is 8. The van der Waals surface area contributed by atoms with Crippen LogP contribution >= 0.6 is 0 Å². The summed E-state index contributed by atoms with van der Waals surface area (Å²) in [6.07, 6.45) is 0.776. The molecule has 3 rings (SSSR count). The number of carbonyl (C=O) groups excluding carboxylic acids is 4. The van der Waals surface area contributed by atoms with E-state index in [2.05, 4.69) is 45.0 Å².